The molecule has 0 unspecified atom stereocenters. The summed E-state index contributed by atoms with van der Waals surface area (Å²) in [6, 6.07) is 13.5. The lowest BCUT2D eigenvalue weighted by molar-refractivity contribution is -0.111. The Morgan fingerprint density at radius 1 is 1.17 bits per heavy atom. The van der Waals surface area contributed by atoms with Crippen molar-refractivity contribution in [2.75, 3.05) is 18.5 Å². The van der Waals surface area contributed by atoms with Crippen LogP contribution in [-0.2, 0) is 11.2 Å². The molecule has 148 valence electrons. The summed E-state index contributed by atoms with van der Waals surface area (Å²) in [7, 11) is 0. The van der Waals surface area contributed by atoms with Crippen LogP contribution in [0.3, 0.4) is 0 Å². The quantitative estimate of drug-likeness (QED) is 0.602. The van der Waals surface area contributed by atoms with Gasteiger partial charge in [-0.2, -0.15) is 0 Å². The van der Waals surface area contributed by atoms with Gasteiger partial charge in [-0.15, -0.1) is 10.2 Å². The van der Waals surface area contributed by atoms with Gasteiger partial charge in [-0.3, -0.25) is 10.1 Å². The van der Waals surface area contributed by atoms with E-state index in [0.29, 0.717) is 41.3 Å². The Morgan fingerprint density at radius 3 is 2.86 bits per heavy atom. The topological polar surface area (TPSA) is 73.3 Å². The maximum absolute atomic E-state index is 12.2. The first kappa shape index (κ1) is 19.4. The Labute approximate surface area is 177 Å². The Morgan fingerprint density at radius 2 is 2.00 bits per heavy atom. The Balaban J connectivity index is 1.39. The number of benzene rings is 2. The minimum absolute atomic E-state index is 0.296. The molecule has 1 aliphatic heterocycles. The van der Waals surface area contributed by atoms with Crippen LogP contribution in [0.5, 0.6) is 11.5 Å². The van der Waals surface area contributed by atoms with Crippen LogP contribution in [0, 0.1) is 0 Å². The fraction of sp³-hybridized carbons (Fsp3) is 0.190. The van der Waals surface area contributed by atoms with Crippen molar-refractivity contribution in [1.29, 1.82) is 0 Å². The van der Waals surface area contributed by atoms with Gasteiger partial charge in [0.2, 0.25) is 11.0 Å². The van der Waals surface area contributed by atoms with Crippen molar-refractivity contribution in [1.82, 2.24) is 10.2 Å². The molecule has 8 heteroatoms. The summed E-state index contributed by atoms with van der Waals surface area (Å²) in [6.07, 6.45) is 4.57. The van der Waals surface area contributed by atoms with E-state index in [-0.39, 0.29) is 5.91 Å². The van der Waals surface area contributed by atoms with Crippen molar-refractivity contribution >= 4 is 40.1 Å². The zero-order valence-corrected chi connectivity index (χ0v) is 17.0. The highest BCUT2D eigenvalue weighted by molar-refractivity contribution is 7.15. The number of anilines is 1. The van der Waals surface area contributed by atoms with Crippen molar-refractivity contribution in [3.63, 3.8) is 0 Å². The first-order chi connectivity index (χ1) is 14.2. The first-order valence-electron chi connectivity index (χ1n) is 9.12. The molecule has 4 rings (SSSR count). The highest BCUT2D eigenvalue weighted by atomic mass is 35.5. The third kappa shape index (κ3) is 5.13. The van der Waals surface area contributed by atoms with Crippen molar-refractivity contribution in [3.05, 3.63) is 69.7 Å². The summed E-state index contributed by atoms with van der Waals surface area (Å²) in [5, 5.41) is 12.7. The molecule has 29 heavy (non-hydrogen) atoms. The summed E-state index contributed by atoms with van der Waals surface area (Å²) in [5.41, 5.74) is 1.89. The SMILES string of the molecule is O=C(/C=C/c1cc(Cl)c2c(c1)OCCCO2)Nc1nnc(Cc2ccccc2)s1. The molecule has 3 aromatic rings. The smallest absolute Gasteiger partial charge is 0.250 e. The van der Waals surface area contributed by atoms with E-state index in [0.717, 1.165) is 22.6 Å². The summed E-state index contributed by atoms with van der Waals surface area (Å²) in [4.78, 5) is 12.2. The van der Waals surface area contributed by atoms with Crippen LogP contribution in [0.15, 0.2) is 48.5 Å². The maximum atomic E-state index is 12.2. The molecule has 0 saturated heterocycles. The summed E-state index contributed by atoms with van der Waals surface area (Å²) in [5.74, 6) is 0.839. The molecule has 1 aliphatic rings. The average molecular weight is 428 g/mol. The number of carbonyl (C=O) groups is 1. The van der Waals surface area contributed by atoms with Crippen molar-refractivity contribution in [3.8, 4) is 11.5 Å². The van der Waals surface area contributed by atoms with Crippen LogP contribution in [0.1, 0.15) is 22.6 Å². The predicted molar refractivity (Wildman–Crippen MR) is 114 cm³/mol. The Kier molecular flexibility index (Phi) is 6.07. The molecule has 0 spiro atoms. The zero-order valence-electron chi connectivity index (χ0n) is 15.4. The summed E-state index contributed by atoms with van der Waals surface area (Å²) >= 11 is 7.63. The number of amides is 1. The molecule has 0 bridgehead atoms. The number of hydrogen-bond donors (Lipinski definition) is 1. The fourth-order valence-corrected chi connectivity index (χ4v) is 3.86. The van der Waals surface area contributed by atoms with Gasteiger partial charge in [0, 0.05) is 18.9 Å². The monoisotopic (exact) mass is 427 g/mol. The molecular weight excluding hydrogens is 410 g/mol. The average Bonchev–Trinajstić information content (AvgIpc) is 3.00. The molecule has 0 fully saturated rings. The number of nitrogens with one attached hydrogen (secondary N) is 1. The molecule has 1 amide bonds. The number of nitrogens with zero attached hydrogens (tertiary/aromatic N) is 2. The van der Waals surface area contributed by atoms with Crippen LogP contribution in [0.25, 0.3) is 6.08 Å². The van der Waals surface area contributed by atoms with Gasteiger partial charge in [-0.25, -0.2) is 0 Å². The van der Waals surface area contributed by atoms with Gasteiger partial charge in [-0.05, 0) is 29.3 Å². The predicted octanol–water partition coefficient (Wildman–Crippen LogP) is 4.60. The maximum Gasteiger partial charge on any atom is 0.250 e. The third-order valence-electron chi connectivity index (χ3n) is 4.15. The molecule has 2 heterocycles. The van der Waals surface area contributed by atoms with Gasteiger partial charge in [0.05, 0.1) is 18.2 Å². The van der Waals surface area contributed by atoms with E-state index in [1.807, 2.05) is 30.3 Å². The van der Waals surface area contributed by atoms with E-state index in [9.17, 15) is 4.79 Å². The largest absolute Gasteiger partial charge is 0.489 e. The lowest BCUT2D eigenvalue weighted by Crippen LogP contribution is -2.07. The van der Waals surface area contributed by atoms with E-state index in [4.69, 9.17) is 21.1 Å². The van der Waals surface area contributed by atoms with Crippen molar-refractivity contribution in [2.45, 2.75) is 12.8 Å². The van der Waals surface area contributed by atoms with Crippen LogP contribution in [0.2, 0.25) is 5.02 Å². The second-order valence-corrected chi connectivity index (χ2v) is 7.84. The number of carbonyl (C=O) groups excluding carboxylic acids is 1. The second kappa shape index (κ2) is 9.07. The zero-order chi connectivity index (χ0) is 20.1. The normalized spacial score (nSPS) is 13.3. The molecule has 6 nitrogen and oxygen atoms in total. The van der Waals surface area contributed by atoms with Crippen LogP contribution in [0.4, 0.5) is 5.13 Å². The minimum Gasteiger partial charge on any atom is -0.489 e. The summed E-state index contributed by atoms with van der Waals surface area (Å²) in [6.45, 7) is 1.14. The van der Waals surface area contributed by atoms with E-state index < -0.39 is 0 Å². The van der Waals surface area contributed by atoms with E-state index in [1.54, 1.807) is 18.2 Å². The number of aromatic nitrogens is 2. The number of ether oxygens (including phenoxy) is 2. The van der Waals surface area contributed by atoms with E-state index in [2.05, 4.69) is 15.5 Å². The van der Waals surface area contributed by atoms with Gasteiger partial charge in [0.15, 0.2) is 11.5 Å². The number of hydrogen-bond acceptors (Lipinski definition) is 6. The summed E-state index contributed by atoms with van der Waals surface area (Å²) < 4.78 is 11.3. The Bertz CT molecular complexity index is 1040. The standard InChI is InChI=1S/C21H18ClN3O3S/c22-16-11-15(12-17-20(16)28-10-4-9-27-17)7-8-18(26)23-21-25-24-19(29-21)13-14-5-2-1-3-6-14/h1-3,5-8,11-12H,4,9-10,13H2,(H,23,25,26)/b8-7+. The number of fused-ring (bicyclic) bond motifs is 1. The highest BCUT2D eigenvalue weighted by Gasteiger charge is 2.15. The molecule has 1 N–H and O–H groups in total. The highest BCUT2D eigenvalue weighted by Crippen LogP contribution is 2.38. The molecule has 2 aromatic carbocycles. The van der Waals surface area contributed by atoms with Gasteiger partial charge in [0.1, 0.15) is 5.01 Å². The van der Waals surface area contributed by atoms with Gasteiger partial charge < -0.3 is 9.47 Å². The Hall–Kier alpha value is -2.90. The third-order valence-corrected chi connectivity index (χ3v) is 5.27. The van der Waals surface area contributed by atoms with E-state index in [1.165, 1.54) is 17.4 Å². The van der Waals surface area contributed by atoms with Gasteiger partial charge >= 0.3 is 0 Å². The van der Waals surface area contributed by atoms with Crippen LogP contribution in [-0.4, -0.2) is 29.3 Å². The molecule has 0 aliphatic carbocycles. The molecule has 0 atom stereocenters. The van der Waals surface area contributed by atoms with Crippen molar-refractivity contribution < 1.29 is 14.3 Å². The second-order valence-electron chi connectivity index (χ2n) is 6.37. The lowest BCUT2D eigenvalue weighted by Gasteiger charge is -2.09. The van der Waals surface area contributed by atoms with E-state index >= 15 is 0 Å². The molecule has 0 radical (unpaired) electrons. The molecule has 0 saturated carbocycles. The first-order valence-corrected chi connectivity index (χ1v) is 10.3. The number of halogens is 1. The molecule has 1 aromatic heterocycles. The number of rotatable bonds is 5. The van der Waals surface area contributed by atoms with Gasteiger partial charge in [-0.1, -0.05) is 53.3 Å². The minimum atomic E-state index is -0.296. The van der Waals surface area contributed by atoms with Gasteiger partial charge in [0.25, 0.3) is 0 Å². The molecular formula is C21H18ClN3O3S. The van der Waals surface area contributed by atoms with Crippen LogP contribution >= 0.6 is 22.9 Å². The fourth-order valence-electron chi connectivity index (χ4n) is 2.81. The lowest BCUT2D eigenvalue weighted by atomic mass is 10.2. The van der Waals surface area contributed by atoms with Crippen LogP contribution < -0.4 is 14.8 Å². The van der Waals surface area contributed by atoms with Crippen molar-refractivity contribution in [2.24, 2.45) is 0 Å².